The molecule has 0 fully saturated rings. The molecule has 2 N–H and O–H groups in total. The van der Waals surface area contributed by atoms with E-state index in [1.165, 1.54) is 0 Å². The smallest absolute Gasteiger partial charge is 0.0853 e. The van der Waals surface area contributed by atoms with Crippen molar-refractivity contribution < 1.29 is 10.2 Å². The highest BCUT2D eigenvalue weighted by Gasteiger charge is 2.24. The van der Waals surface area contributed by atoms with Gasteiger partial charge in [-0.25, -0.2) is 0 Å². The zero-order valence-corrected chi connectivity index (χ0v) is 7.88. The van der Waals surface area contributed by atoms with Crippen molar-refractivity contribution in [2.45, 2.75) is 18.6 Å². The maximum atomic E-state index is 9.98. The Morgan fingerprint density at radius 3 is 2.43 bits per heavy atom. The molecule has 14 heavy (non-hydrogen) atoms. The van der Waals surface area contributed by atoms with Crippen molar-refractivity contribution >= 4 is 0 Å². The Morgan fingerprint density at radius 1 is 1.14 bits per heavy atom. The highest BCUT2D eigenvalue weighted by molar-refractivity contribution is 5.20. The van der Waals surface area contributed by atoms with Crippen LogP contribution >= 0.6 is 0 Å². The molecule has 0 saturated heterocycles. The van der Waals surface area contributed by atoms with Gasteiger partial charge in [-0.15, -0.1) is 0 Å². The average molecular weight is 190 g/mol. The van der Waals surface area contributed by atoms with E-state index in [-0.39, 0.29) is 5.92 Å². The van der Waals surface area contributed by atoms with E-state index >= 15 is 0 Å². The molecule has 0 bridgehead atoms. The van der Waals surface area contributed by atoms with Crippen molar-refractivity contribution in [1.29, 1.82) is 0 Å². The van der Waals surface area contributed by atoms with Gasteiger partial charge in [0, 0.05) is 5.92 Å². The monoisotopic (exact) mass is 190 g/mol. The molecule has 1 aliphatic carbocycles. The molecule has 2 heteroatoms. The van der Waals surface area contributed by atoms with Crippen LogP contribution in [-0.4, -0.2) is 16.3 Å². The summed E-state index contributed by atoms with van der Waals surface area (Å²) in [7, 11) is 0. The molecule has 0 aromatic heterocycles. The van der Waals surface area contributed by atoms with Crippen LogP contribution in [0.25, 0.3) is 0 Å². The summed E-state index contributed by atoms with van der Waals surface area (Å²) in [6.45, 7) is 0. The first-order chi connectivity index (χ1) is 6.77. The molecule has 0 spiro atoms. The minimum Gasteiger partial charge on any atom is -0.389 e. The van der Waals surface area contributed by atoms with Crippen molar-refractivity contribution in [3.05, 3.63) is 48.0 Å². The zero-order valence-electron chi connectivity index (χ0n) is 7.88. The van der Waals surface area contributed by atoms with E-state index in [2.05, 4.69) is 0 Å². The number of rotatable bonds is 2. The van der Waals surface area contributed by atoms with Gasteiger partial charge in [-0.1, -0.05) is 42.5 Å². The van der Waals surface area contributed by atoms with Crippen LogP contribution in [-0.2, 0) is 0 Å². The number of hydrogen-bond acceptors (Lipinski definition) is 2. The Balaban J connectivity index is 2.10. The molecular weight excluding hydrogens is 176 g/mol. The predicted octanol–water partition coefficient (Wildman–Crippen LogP) is 1.66. The van der Waals surface area contributed by atoms with Crippen LogP contribution in [0.2, 0.25) is 0 Å². The molecule has 0 unspecified atom stereocenters. The third-order valence-corrected chi connectivity index (χ3v) is 2.64. The first-order valence-corrected chi connectivity index (χ1v) is 4.87. The molecule has 1 aliphatic rings. The molecule has 0 aliphatic heterocycles. The van der Waals surface area contributed by atoms with E-state index in [9.17, 15) is 10.2 Å². The van der Waals surface area contributed by atoms with Crippen LogP contribution in [0.3, 0.4) is 0 Å². The van der Waals surface area contributed by atoms with Gasteiger partial charge in [0.2, 0.25) is 0 Å². The van der Waals surface area contributed by atoms with E-state index in [4.69, 9.17) is 0 Å². The van der Waals surface area contributed by atoms with Crippen LogP contribution in [0.1, 0.15) is 18.1 Å². The van der Waals surface area contributed by atoms with Gasteiger partial charge in [0.25, 0.3) is 0 Å². The van der Waals surface area contributed by atoms with Crippen LogP contribution < -0.4 is 0 Å². The molecule has 2 rings (SSSR count). The van der Waals surface area contributed by atoms with E-state index in [1.807, 2.05) is 36.4 Å². The van der Waals surface area contributed by atoms with Gasteiger partial charge in [0.1, 0.15) is 0 Å². The zero-order chi connectivity index (χ0) is 9.97. The van der Waals surface area contributed by atoms with Crippen LogP contribution in [0.4, 0.5) is 0 Å². The Labute approximate surface area is 83.5 Å². The molecule has 74 valence electrons. The fraction of sp³-hybridized carbons (Fsp3) is 0.333. The lowest BCUT2D eigenvalue weighted by atomic mass is 9.95. The summed E-state index contributed by atoms with van der Waals surface area (Å²) in [6.07, 6.45) is 3.37. The average Bonchev–Trinajstić information content (AvgIpc) is 2.65. The Kier molecular flexibility index (Phi) is 2.66. The van der Waals surface area contributed by atoms with E-state index in [0.717, 1.165) is 5.56 Å². The van der Waals surface area contributed by atoms with Gasteiger partial charge in [-0.2, -0.15) is 0 Å². The third kappa shape index (κ3) is 1.86. The summed E-state index contributed by atoms with van der Waals surface area (Å²) < 4.78 is 0. The number of aliphatic hydroxyl groups is 2. The summed E-state index contributed by atoms with van der Waals surface area (Å²) in [5.41, 5.74) is 0.913. The number of benzene rings is 1. The minimum absolute atomic E-state index is 0.0485. The van der Waals surface area contributed by atoms with Crippen molar-refractivity contribution in [2.75, 3.05) is 0 Å². The van der Waals surface area contributed by atoms with Crippen LogP contribution in [0.15, 0.2) is 42.5 Å². The Hall–Kier alpha value is -1.12. The molecule has 0 saturated carbocycles. The maximum absolute atomic E-state index is 9.98. The molecule has 0 amide bonds. The molecule has 2 nitrogen and oxygen atoms in total. The van der Waals surface area contributed by atoms with Crippen molar-refractivity contribution in [3.63, 3.8) is 0 Å². The van der Waals surface area contributed by atoms with Gasteiger partial charge in [0.15, 0.2) is 0 Å². The molecule has 1 aromatic carbocycles. The number of hydrogen-bond donors (Lipinski definition) is 2. The topological polar surface area (TPSA) is 40.5 Å². The van der Waals surface area contributed by atoms with Gasteiger partial charge in [-0.05, 0) is 12.0 Å². The quantitative estimate of drug-likeness (QED) is 0.696. The second kappa shape index (κ2) is 3.95. The van der Waals surface area contributed by atoms with Gasteiger partial charge in [0.05, 0.1) is 12.2 Å². The van der Waals surface area contributed by atoms with E-state index < -0.39 is 12.2 Å². The minimum atomic E-state index is -0.496. The maximum Gasteiger partial charge on any atom is 0.0853 e. The third-order valence-electron chi connectivity index (χ3n) is 2.64. The van der Waals surface area contributed by atoms with E-state index in [0.29, 0.717) is 6.42 Å². The van der Waals surface area contributed by atoms with Gasteiger partial charge >= 0.3 is 0 Å². The summed E-state index contributed by atoms with van der Waals surface area (Å²) in [5, 5.41) is 19.3. The fourth-order valence-corrected chi connectivity index (χ4v) is 1.84. The first-order valence-electron chi connectivity index (χ1n) is 4.87. The molecule has 0 radical (unpaired) electrons. The first kappa shape index (κ1) is 9.44. The second-order valence-corrected chi connectivity index (χ2v) is 3.71. The number of aliphatic hydroxyl groups excluding tert-OH is 2. The van der Waals surface area contributed by atoms with Gasteiger partial charge in [-0.3, -0.25) is 0 Å². The summed E-state index contributed by atoms with van der Waals surface area (Å²) in [6, 6.07) is 9.56. The fourth-order valence-electron chi connectivity index (χ4n) is 1.84. The lowest BCUT2D eigenvalue weighted by Crippen LogP contribution is -2.11. The lowest BCUT2D eigenvalue weighted by Gasteiger charge is -2.17. The predicted molar refractivity (Wildman–Crippen MR) is 54.7 cm³/mol. The summed E-state index contributed by atoms with van der Waals surface area (Å²) >= 11 is 0. The normalized spacial score (nSPS) is 27.9. The van der Waals surface area contributed by atoms with Crippen LogP contribution in [0, 0.1) is 5.92 Å². The molecular formula is C12H14O2. The lowest BCUT2D eigenvalue weighted by molar-refractivity contribution is 0.108. The Bertz CT molecular complexity index is 318. The Morgan fingerprint density at radius 2 is 1.86 bits per heavy atom. The van der Waals surface area contributed by atoms with Crippen molar-refractivity contribution in [1.82, 2.24) is 0 Å². The van der Waals surface area contributed by atoms with Crippen LogP contribution in [0.5, 0.6) is 0 Å². The highest BCUT2D eigenvalue weighted by atomic mass is 16.3. The van der Waals surface area contributed by atoms with Crippen molar-refractivity contribution in [3.8, 4) is 0 Å². The summed E-state index contributed by atoms with van der Waals surface area (Å²) in [4.78, 5) is 0. The van der Waals surface area contributed by atoms with Gasteiger partial charge < -0.3 is 10.2 Å². The van der Waals surface area contributed by atoms with E-state index in [1.54, 1.807) is 6.08 Å². The summed E-state index contributed by atoms with van der Waals surface area (Å²) in [5.74, 6) is 0.0485. The molecule has 3 atom stereocenters. The largest absolute Gasteiger partial charge is 0.389 e. The molecule has 0 heterocycles. The standard InChI is InChI=1S/C12H14O2/c13-11-7-6-10(8-11)12(14)9-4-2-1-3-5-9/h1-7,10-14H,8H2/t10-,11+,12-/m0/s1. The molecule has 1 aromatic rings. The second-order valence-electron chi connectivity index (χ2n) is 3.71. The SMILES string of the molecule is O[C@@H]1C=C[C@H]([C@@H](O)c2ccccc2)C1. The highest BCUT2D eigenvalue weighted by Crippen LogP contribution is 2.30. The van der Waals surface area contributed by atoms with Crippen molar-refractivity contribution in [2.24, 2.45) is 5.92 Å².